The second-order valence-corrected chi connectivity index (χ2v) is 4.54. The molecule has 1 rings (SSSR count). The van der Waals surface area contributed by atoms with E-state index in [1.165, 1.54) is 0 Å². The summed E-state index contributed by atoms with van der Waals surface area (Å²) in [6.45, 7) is 3.77. The molecule has 0 spiro atoms. The predicted molar refractivity (Wildman–Crippen MR) is 72.1 cm³/mol. The summed E-state index contributed by atoms with van der Waals surface area (Å²) in [5.41, 5.74) is 7.08. The summed E-state index contributed by atoms with van der Waals surface area (Å²) in [5.74, 6) is -1.33. The molecular formula is C12H15BrN2O3. The summed E-state index contributed by atoms with van der Waals surface area (Å²) in [7, 11) is 0. The number of nitrogens with two attached hydrogens (primary N) is 1. The molecule has 1 atom stereocenters. The molecule has 5 nitrogen and oxygen atoms in total. The van der Waals surface area contributed by atoms with Gasteiger partial charge in [0.1, 0.15) is 0 Å². The highest BCUT2D eigenvalue weighted by Crippen LogP contribution is 2.20. The summed E-state index contributed by atoms with van der Waals surface area (Å²) in [5, 5.41) is 2.55. The number of halogens is 1. The number of nitrogens with one attached hydrogen (secondary N) is 1. The van der Waals surface area contributed by atoms with Crippen LogP contribution in [0.2, 0.25) is 0 Å². The van der Waals surface area contributed by atoms with Crippen LogP contribution in [0.15, 0.2) is 22.7 Å². The van der Waals surface area contributed by atoms with Crippen LogP contribution in [-0.2, 0) is 14.3 Å². The number of amides is 1. The van der Waals surface area contributed by atoms with E-state index in [9.17, 15) is 9.59 Å². The number of rotatable bonds is 4. The minimum Gasteiger partial charge on any atom is -0.464 e. The Morgan fingerprint density at radius 3 is 2.72 bits per heavy atom. The van der Waals surface area contributed by atoms with Crippen LogP contribution < -0.4 is 11.1 Å². The SMILES string of the molecule is CCOC(=O)C(N)C(=O)Nc1ccc(C)c(Br)c1. The van der Waals surface area contributed by atoms with E-state index in [1.807, 2.05) is 13.0 Å². The first-order valence-electron chi connectivity index (χ1n) is 5.45. The average Bonchev–Trinajstić information content (AvgIpc) is 2.33. The van der Waals surface area contributed by atoms with Gasteiger partial charge in [-0.1, -0.05) is 22.0 Å². The van der Waals surface area contributed by atoms with Gasteiger partial charge >= 0.3 is 5.97 Å². The number of benzene rings is 1. The van der Waals surface area contributed by atoms with Crippen molar-refractivity contribution < 1.29 is 14.3 Å². The third-order valence-corrected chi connectivity index (χ3v) is 3.12. The molecule has 0 aliphatic carbocycles. The van der Waals surface area contributed by atoms with E-state index in [0.717, 1.165) is 10.0 Å². The second-order valence-electron chi connectivity index (χ2n) is 3.68. The number of carbonyl (C=O) groups excluding carboxylic acids is 2. The fourth-order valence-electron chi connectivity index (χ4n) is 1.23. The molecule has 0 aromatic heterocycles. The molecule has 0 bridgehead atoms. The number of ether oxygens (including phenoxy) is 1. The van der Waals surface area contributed by atoms with E-state index in [0.29, 0.717) is 5.69 Å². The zero-order valence-electron chi connectivity index (χ0n) is 10.2. The second kappa shape index (κ2) is 6.51. The van der Waals surface area contributed by atoms with E-state index in [2.05, 4.69) is 26.0 Å². The number of esters is 1. The molecule has 0 fully saturated rings. The van der Waals surface area contributed by atoms with Crippen LogP contribution in [0.5, 0.6) is 0 Å². The van der Waals surface area contributed by atoms with Crippen molar-refractivity contribution in [3.05, 3.63) is 28.2 Å². The quantitative estimate of drug-likeness (QED) is 0.653. The molecule has 18 heavy (non-hydrogen) atoms. The smallest absolute Gasteiger partial charge is 0.332 e. The molecule has 0 heterocycles. The summed E-state index contributed by atoms with van der Waals surface area (Å²) in [4.78, 5) is 23.0. The third kappa shape index (κ3) is 3.82. The standard InChI is InChI=1S/C12H15BrN2O3/c1-3-18-12(17)10(14)11(16)15-8-5-4-7(2)9(13)6-8/h4-6,10H,3,14H2,1-2H3,(H,15,16). The first-order valence-corrected chi connectivity index (χ1v) is 6.24. The van der Waals surface area contributed by atoms with Crippen LogP contribution in [-0.4, -0.2) is 24.5 Å². The molecule has 0 aliphatic rings. The fourth-order valence-corrected chi connectivity index (χ4v) is 1.61. The van der Waals surface area contributed by atoms with E-state index in [1.54, 1.807) is 19.1 Å². The van der Waals surface area contributed by atoms with Crippen molar-refractivity contribution in [1.29, 1.82) is 0 Å². The lowest BCUT2D eigenvalue weighted by atomic mass is 10.2. The Kier molecular flexibility index (Phi) is 5.30. The number of carbonyl (C=O) groups is 2. The average molecular weight is 315 g/mol. The number of aryl methyl sites for hydroxylation is 1. The summed E-state index contributed by atoms with van der Waals surface area (Å²) in [6.07, 6.45) is 0. The maximum Gasteiger partial charge on any atom is 0.332 e. The third-order valence-electron chi connectivity index (χ3n) is 2.26. The molecule has 6 heteroatoms. The zero-order valence-corrected chi connectivity index (χ0v) is 11.8. The number of hydrogen-bond donors (Lipinski definition) is 2. The highest BCUT2D eigenvalue weighted by atomic mass is 79.9. The van der Waals surface area contributed by atoms with Gasteiger partial charge in [-0.15, -0.1) is 0 Å². The van der Waals surface area contributed by atoms with Crippen LogP contribution >= 0.6 is 15.9 Å². The summed E-state index contributed by atoms with van der Waals surface area (Å²) < 4.78 is 5.54. The van der Waals surface area contributed by atoms with Crippen molar-refractivity contribution in [3.8, 4) is 0 Å². The molecule has 3 N–H and O–H groups in total. The molecular weight excluding hydrogens is 300 g/mol. The molecule has 0 saturated carbocycles. The topological polar surface area (TPSA) is 81.4 Å². The van der Waals surface area contributed by atoms with Crippen LogP contribution in [0.3, 0.4) is 0 Å². The molecule has 1 amide bonds. The molecule has 1 aromatic carbocycles. The lowest BCUT2D eigenvalue weighted by Gasteiger charge is -2.11. The molecule has 0 radical (unpaired) electrons. The highest BCUT2D eigenvalue weighted by Gasteiger charge is 2.23. The number of anilines is 1. The Morgan fingerprint density at radius 1 is 1.50 bits per heavy atom. The van der Waals surface area contributed by atoms with Gasteiger partial charge in [0.15, 0.2) is 6.04 Å². The first-order chi connectivity index (χ1) is 8.45. The Balaban J connectivity index is 2.69. The minimum atomic E-state index is -1.31. The summed E-state index contributed by atoms with van der Waals surface area (Å²) in [6, 6.07) is 4.00. The van der Waals surface area contributed by atoms with Crippen molar-refractivity contribution in [2.24, 2.45) is 5.73 Å². The van der Waals surface area contributed by atoms with Crippen molar-refractivity contribution in [3.63, 3.8) is 0 Å². The highest BCUT2D eigenvalue weighted by molar-refractivity contribution is 9.10. The minimum absolute atomic E-state index is 0.190. The molecule has 1 unspecified atom stereocenters. The van der Waals surface area contributed by atoms with Crippen LogP contribution in [0, 0.1) is 6.92 Å². The largest absolute Gasteiger partial charge is 0.464 e. The monoisotopic (exact) mass is 314 g/mol. The van der Waals surface area contributed by atoms with Gasteiger partial charge in [-0.3, -0.25) is 4.79 Å². The lowest BCUT2D eigenvalue weighted by molar-refractivity contribution is -0.146. The van der Waals surface area contributed by atoms with Crippen molar-refractivity contribution in [1.82, 2.24) is 0 Å². The lowest BCUT2D eigenvalue weighted by Crippen LogP contribution is -2.43. The van der Waals surface area contributed by atoms with Gasteiger partial charge in [-0.25, -0.2) is 4.79 Å². The predicted octanol–water partition coefficient (Wildman–Crippen LogP) is 1.59. The fraction of sp³-hybridized carbons (Fsp3) is 0.333. The van der Waals surface area contributed by atoms with Crippen molar-refractivity contribution in [2.75, 3.05) is 11.9 Å². The molecule has 0 aliphatic heterocycles. The van der Waals surface area contributed by atoms with Crippen LogP contribution in [0.4, 0.5) is 5.69 Å². The van der Waals surface area contributed by atoms with Gasteiger partial charge in [0, 0.05) is 10.2 Å². The Bertz CT molecular complexity index is 463. The maximum absolute atomic E-state index is 11.7. The number of hydrogen-bond acceptors (Lipinski definition) is 4. The normalized spacial score (nSPS) is 11.8. The Labute approximate surface area is 114 Å². The zero-order chi connectivity index (χ0) is 13.7. The van der Waals surface area contributed by atoms with Gasteiger partial charge in [-0.05, 0) is 31.5 Å². The van der Waals surface area contributed by atoms with E-state index >= 15 is 0 Å². The van der Waals surface area contributed by atoms with E-state index in [4.69, 9.17) is 5.73 Å². The van der Waals surface area contributed by atoms with Crippen LogP contribution in [0.1, 0.15) is 12.5 Å². The van der Waals surface area contributed by atoms with Gasteiger partial charge in [0.25, 0.3) is 5.91 Å². The first kappa shape index (κ1) is 14.7. The van der Waals surface area contributed by atoms with E-state index in [-0.39, 0.29) is 6.61 Å². The Hall–Kier alpha value is -1.40. The van der Waals surface area contributed by atoms with Gasteiger partial charge < -0.3 is 15.8 Å². The molecule has 98 valence electrons. The van der Waals surface area contributed by atoms with Gasteiger partial charge in [0.2, 0.25) is 0 Å². The molecule has 0 saturated heterocycles. The Morgan fingerprint density at radius 2 is 2.17 bits per heavy atom. The van der Waals surface area contributed by atoms with Crippen molar-refractivity contribution >= 4 is 33.5 Å². The van der Waals surface area contributed by atoms with Gasteiger partial charge in [-0.2, -0.15) is 0 Å². The van der Waals surface area contributed by atoms with Gasteiger partial charge in [0.05, 0.1) is 6.61 Å². The maximum atomic E-state index is 11.7. The van der Waals surface area contributed by atoms with Crippen molar-refractivity contribution in [2.45, 2.75) is 19.9 Å². The summed E-state index contributed by atoms with van der Waals surface area (Å²) >= 11 is 3.35. The molecule has 1 aromatic rings. The van der Waals surface area contributed by atoms with Crippen LogP contribution in [0.25, 0.3) is 0 Å². The van der Waals surface area contributed by atoms with E-state index < -0.39 is 17.9 Å².